The molecule has 68 valence electrons. The summed E-state index contributed by atoms with van der Waals surface area (Å²) in [4.78, 5) is 35.4. The van der Waals surface area contributed by atoms with E-state index in [0.717, 1.165) is 0 Å². The minimum Gasteiger partial charge on any atom is -0.774 e. The van der Waals surface area contributed by atoms with Crippen molar-refractivity contribution in [3.05, 3.63) is 0 Å². The molecule has 2 atom stereocenters. The van der Waals surface area contributed by atoms with Crippen LogP contribution in [0.15, 0.2) is 0 Å². The van der Waals surface area contributed by atoms with Crippen molar-refractivity contribution >= 4 is 15.2 Å². The van der Waals surface area contributed by atoms with Gasteiger partial charge in [-0.3, -0.25) is 0 Å². The van der Waals surface area contributed by atoms with Crippen LogP contribution in [-0.4, -0.2) is 25.3 Å². The third-order valence-electron chi connectivity index (χ3n) is 0.758. The maximum atomic E-state index is 9.85. The monoisotopic (exact) mass is 252 g/mol. The fourth-order valence-electron chi connectivity index (χ4n) is 0.160. The quantitative estimate of drug-likeness (QED) is 0.214. The largest absolute Gasteiger partial charge is 1.00 e. The number of aliphatic hydroxyl groups is 2. The topological polar surface area (TPSA) is 161 Å². The second kappa shape index (κ2) is 6.08. The zero-order valence-corrected chi connectivity index (χ0v) is 12.6. The summed E-state index contributed by atoms with van der Waals surface area (Å²) >= 11 is 0. The molecule has 4 N–H and O–H groups in total. The predicted molar refractivity (Wildman–Crippen MR) is 26.8 cm³/mol. The van der Waals surface area contributed by atoms with E-state index in [1.54, 1.807) is 0 Å². The molecule has 12 heteroatoms. The van der Waals surface area contributed by atoms with Gasteiger partial charge in [0.2, 0.25) is 15.2 Å². The summed E-state index contributed by atoms with van der Waals surface area (Å²) < 4.78 is 19.7. The number of rotatable bonds is 2. The molecule has 0 aromatic carbocycles. The van der Waals surface area contributed by atoms with Crippen molar-refractivity contribution in [2.75, 3.05) is 0 Å². The van der Waals surface area contributed by atoms with Crippen LogP contribution < -0.4 is 68.9 Å². The molecule has 0 rings (SSSR count). The molecule has 0 aliphatic heterocycles. The van der Waals surface area contributed by atoms with E-state index in [1.807, 2.05) is 0 Å². The van der Waals surface area contributed by atoms with Gasteiger partial charge in [0.1, 0.15) is 0 Å². The second-order valence-corrected chi connectivity index (χ2v) is 5.32. The van der Waals surface area contributed by atoms with Crippen molar-refractivity contribution in [3.8, 4) is 0 Å². The fraction of sp³-hybridized carbons (Fsp3) is 1.00. The zero-order valence-electron chi connectivity index (χ0n) is 6.82. The van der Waals surface area contributed by atoms with Crippen LogP contribution >= 0.6 is 15.2 Å². The Hall–Kier alpha value is 2.22. The van der Waals surface area contributed by atoms with Gasteiger partial charge < -0.3 is 38.9 Å². The Balaban J connectivity index is -0.000000500. The third-order valence-corrected chi connectivity index (χ3v) is 3.79. The molecule has 0 aliphatic carbocycles. The van der Waals surface area contributed by atoms with Crippen molar-refractivity contribution < 1.29 is 98.0 Å². The standard InChI is InChI=1S/CH6O8P2.2Na/c2-1(3,10(4,5)6)11(7,8)9;;/h2-3H,(H2,4,5,6)(H2,7,8,9);;/q;2*+1/p-2. The van der Waals surface area contributed by atoms with Crippen molar-refractivity contribution in [1.29, 1.82) is 0 Å². The maximum Gasteiger partial charge on any atom is 1.00 e. The molecule has 8 nitrogen and oxygen atoms in total. The van der Waals surface area contributed by atoms with E-state index in [1.165, 1.54) is 0 Å². The van der Waals surface area contributed by atoms with Crippen LogP contribution in [0.3, 0.4) is 0 Å². The summed E-state index contributed by atoms with van der Waals surface area (Å²) in [5.41, 5.74) is 0. The molecule has 0 aliphatic rings. The van der Waals surface area contributed by atoms with Crippen LogP contribution in [0.5, 0.6) is 0 Å². The molecule has 0 fully saturated rings. The average Bonchev–Trinajstić information content (AvgIpc) is 1.58. The molecule has 2 unspecified atom stereocenters. The van der Waals surface area contributed by atoms with E-state index in [9.17, 15) is 18.9 Å². The van der Waals surface area contributed by atoms with Crippen molar-refractivity contribution in [1.82, 2.24) is 0 Å². The summed E-state index contributed by atoms with van der Waals surface area (Å²) in [5, 5.41) is 11.7. The van der Waals surface area contributed by atoms with E-state index in [2.05, 4.69) is 0 Å². The summed E-state index contributed by atoms with van der Waals surface area (Å²) in [6.07, 6.45) is 0. The van der Waals surface area contributed by atoms with Gasteiger partial charge in [-0.15, -0.1) is 0 Å². The molecule has 13 heavy (non-hydrogen) atoms. The second-order valence-electron chi connectivity index (χ2n) is 1.64. The summed E-state index contributed by atoms with van der Waals surface area (Å²) in [6.45, 7) is 0. The minimum absolute atomic E-state index is 0. The normalized spacial score (nSPS) is 20.2. The molecule has 0 bridgehead atoms. The number of hydrogen-bond donors (Lipinski definition) is 4. The van der Waals surface area contributed by atoms with Crippen LogP contribution in [0.4, 0.5) is 0 Å². The zero-order chi connectivity index (χ0) is 9.50. The Morgan fingerprint density at radius 1 is 0.923 bits per heavy atom. The van der Waals surface area contributed by atoms with Crippen LogP contribution in [0, 0.1) is 0 Å². The van der Waals surface area contributed by atoms with Gasteiger partial charge in [0.05, 0.1) is 0 Å². The smallest absolute Gasteiger partial charge is 0.774 e. The molecular formula is CH4Na2O8P2. The van der Waals surface area contributed by atoms with Crippen molar-refractivity contribution in [3.63, 3.8) is 0 Å². The molecular weight excluding hydrogens is 248 g/mol. The third kappa shape index (κ3) is 5.19. The molecule has 0 heterocycles. The summed E-state index contributed by atoms with van der Waals surface area (Å²) in [7, 11) is -11.9. The van der Waals surface area contributed by atoms with E-state index >= 15 is 0 Å². The van der Waals surface area contributed by atoms with Crippen LogP contribution in [0.2, 0.25) is 0 Å². The van der Waals surface area contributed by atoms with Crippen LogP contribution in [0.25, 0.3) is 0 Å². The van der Waals surface area contributed by atoms with E-state index < -0.39 is 20.5 Å². The maximum absolute atomic E-state index is 9.85. The van der Waals surface area contributed by atoms with E-state index in [-0.39, 0.29) is 59.1 Å². The molecule has 0 saturated carbocycles. The van der Waals surface area contributed by atoms with Gasteiger partial charge in [0.15, 0.2) is 0 Å². The molecule has 0 amide bonds. The van der Waals surface area contributed by atoms with Gasteiger partial charge >= 0.3 is 59.1 Å². The van der Waals surface area contributed by atoms with E-state index in [4.69, 9.17) is 20.0 Å². The summed E-state index contributed by atoms with van der Waals surface area (Å²) in [6, 6.07) is 0. The molecule has 0 spiro atoms. The van der Waals surface area contributed by atoms with E-state index in [0.29, 0.717) is 0 Å². The van der Waals surface area contributed by atoms with Crippen molar-refractivity contribution in [2.24, 2.45) is 0 Å². The van der Waals surface area contributed by atoms with Gasteiger partial charge in [-0.05, 0) is 0 Å². The van der Waals surface area contributed by atoms with Gasteiger partial charge in [-0.25, -0.2) is 0 Å². The Morgan fingerprint density at radius 3 is 1.08 bits per heavy atom. The Bertz CT molecular complexity index is 213. The fourth-order valence-corrected chi connectivity index (χ4v) is 1.44. The van der Waals surface area contributed by atoms with Gasteiger partial charge in [0.25, 0.3) is 5.27 Å². The first-order chi connectivity index (χ1) is 4.50. The summed E-state index contributed by atoms with van der Waals surface area (Å²) in [5.74, 6) is 0. The number of hydrogen-bond acceptors (Lipinski definition) is 6. The Labute approximate surface area is 117 Å². The first kappa shape index (κ1) is 20.6. The van der Waals surface area contributed by atoms with Crippen LogP contribution in [-0.2, 0) is 9.13 Å². The minimum atomic E-state index is -5.95. The van der Waals surface area contributed by atoms with Gasteiger partial charge in [0, 0.05) is 0 Å². The SMILES string of the molecule is O=P([O-])(O)C(O)(O)P(=O)([O-])O.[Na+].[Na+]. The van der Waals surface area contributed by atoms with Crippen molar-refractivity contribution in [2.45, 2.75) is 5.27 Å². The molecule has 0 radical (unpaired) electrons. The molecule has 0 aromatic heterocycles. The first-order valence-corrected chi connectivity index (χ1v) is 5.18. The predicted octanol–water partition coefficient (Wildman–Crippen LogP) is -9.32. The average molecular weight is 252 g/mol. The van der Waals surface area contributed by atoms with Gasteiger partial charge in [-0.1, -0.05) is 0 Å². The van der Waals surface area contributed by atoms with Gasteiger partial charge in [-0.2, -0.15) is 0 Å². The molecule has 0 aromatic rings. The first-order valence-electron chi connectivity index (χ1n) is 2.02. The van der Waals surface area contributed by atoms with Crippen LogP contribution in [0.1, 0.15) is 0 Å². The Morgan fingerprint density at radius 2 is 1.08 bits per heavy atom. The molecule has 0 saturated heterocycles. The Kier molecular flexibility index (Phi) is 9.64.